The number of aromatic amines is 1. The normalized spacial score (nSPS) is 15.6. The van der Waals surface area contributed by atoms with Gasteiger partial charge in [0.2, 0.25) is 0 Å². The van der Waals surface area contributed by atoms with Crippen molar-refractivity contribution < 1.29 is 9.18 Å². The molecule has 1 fully saturated rings. The van der Waals surface area contributed by atoms with Crippen LogP contribution in [0, 0.1) is 5.82 Å². The Morgan fingerprint density at radius 1 is 1.18 bits per heavy atom. The van der Waals surface area contributed by atoms with Gasteiger partial charge in [-0.15, -0.1) is 0 Å². The fraction of sp³-hybridized carbons (Fsp3) is 0.200. The van der Waals surface area contributed by atoms with E-state index in [1.165, 1.54) is 6.07 Å². The molecular formula is C25H21BrFN5O2. The number of carbonyl (C=O) groups is 1. The maximum absolute atomic E-state index is 14.7. The third-order valence-corrected chi connectivity index (χ3v) is 6.43. The van der Waals surface area contributed by atoms with Gasteiger partial charge >= 0.3 is 0 Å². The lowest BCUT2D eigenvalue weighted by Crippen LogP contribution is -2.32. The standard InChI is InChI=1S/C25H21BrFN5O2/c26-16-6-8-23(28-13-16)29-17-9-10-32(14-17)25(34)20-11-15(5-7-21(20)27)12-22-18-3-1-2-4-19(18)24(33)31-30-22/h1-8,11,13,17H,9-10,12,14H2,(H,28,29)(H,31,33)/t17-/m1/s1. The average molecular weight is 522 g/mol. The van der Waals surface area contributed by atoms with Crippen LogP contribution in [0.4, 0.5) is 10.2 Å². The summed E-state index contributed by atoms with van der Waals surface area (Å²) < 4.78 is 15.5. The summed E-state index contributed by atoms with van der Waals surface area (Å²) in [5, 5.41) is 11.3. The lowest BCUT2D eigenvalue weighted by molar-refractivity contribution is 0.0787. The van der Waals surface area contributed by atoms with E-state index < -0.39 is 5.82 Å². The van der Waals surface area contributed by atoms with Gasteiger partial charge in [-0.3, -0.25) is 9.59 Å². The molecule has 4 aromatic rings. The van der Waals surface area contributed by atoms with E-state index in [0.717, 1.165) is 27.7 Å². The molecule has 1 aliphatic heterocycles. The molecule has 0 unspecified atom stereocenters. The molecule has 34 heavy (non-hydrogen) atoms. The van der Waals surface area contributed by atoms with Gasteiger partial charge in [0.25, 0.3) is 11.5 Å². The van der Waals surface area contributed by atoms with Crippen molar-refractivity contribution in [1.82, 2.24) is 20.1 Å². The van der Waals surface area contributed by atoms with Gasteiger partial charge in [0.05, 0.1) is 16.6 Å². The van der Waals surface area contributed by atoms with Crippen LogP contribution in [-0.2, 0) is 6.42 Å². The molecular weight excluding hydrogens is 501 g/mol. The lowest BCUT2D eigenvalue weighted by atomic mass is 10.0. The van der Waals surface area contributed by atoms with Crippen molar-refractivity contribution in [3.63, 3.8) is 0 Å². The van der Waals surface area contributed by atoms with Crippen molar-refractivity contribution in [2.24, 2.45) is 0 Å². The van der Waals surface area contributed by atoms with Gasteiger partial charge in [0, 0.05) is 41.6 Å². The minimum Gasteiger partial charge on any atom is -0.365 e. The highest BCUT2D eigenvalue weighted by molar-refractivity contribution is 9.10. The topological polar surface area (TPSA) is 91.0 Å². The second-order valence-electron chi connectivity index (χ2n) is 8.28. The average Bonchev–Trinajstić information content (AvgIpc) is 3.32. The first-order valence-corrected chi connectivity index (χ1v) is 11.7. The largest absolute Gasteiger partial charge is 0.365 e. The molecule has 3 heterocycles. The summed E-state index contributed by atoms with van der Waals surface area (Å²) in [5.74, 6) is -0.165. The number of likely N-dealkylation sites (tertiary alicyclic amines) is 1. The molecule has 2 N–H and O–H groups in total. The number of anilines is 1. The monoisotopic (exact) mass is 521 g/mol. The van der Waals surface area contributed by atoms with E-state index >= 15 is 0 Å². The predicted molar refractivity (Wildman–Crippen MR) is 131 cm³/mol. The highest BCUT2D eigenvalue weighted by Crippen LogP contribution is 2.22. The molecule has 5 rings (SSSR count). The summed E-state index contributed by atoms with van der Waals surface area (Å²) in [6.07, 6.45) is 2.82. The zero-order chi connectivity index (χ0) is 23.7. The minimum atomic E-state index is -0.556. The summed E-state index contributed by atoms with van der Waals surface area (Å²) in [7, 11) is 0. The number of hydrogen-bond acceptors (Lipinski definition) is 5. The van der Waals surface area contributed by atoms with Crippen LogP contribution in [0.2, 0.25) is 0 Å². The highest BCUT2D eigenvalue weighted by atomic mass is 79.9. The fourth-order valence-electron chi connectivity index (χ4n) is 4.25. The number of aromatic nitrogens is 3. The number of fused-ring (bicyclic) bond motifs is 1. The number of carbonyl (C=O) groups excluding carboxylic acids is 1. The van der Waals surface area contributed by atoms with Gasteiger partial charge in [0.1, 0.15) is 11.6 Å². The summed E-state index contributed by atoms with van der Waals surface area (Å²) in [5.41, 5.74) is 1.17. The van der Waals surface area contributed by atoms with Crippen LogP contribution in [0.5, 0.6) is 0 Å². The molecule has 2 aromatic carbocycles. The molecule has 0 aliphatic carbocycles. The van der Waals surface area contributed by atoms with Crippen molar-refractivity contribution in [2.45, 2.75) is 18.9 Å². The van der Waals surface area contributed by atoms with E-state index in [1.54, 1.807) is 35.4 Å². The van der Waals surface area contributed by atoms with E-state index in [4.69, 9.17) is 0 Å². The third kappa shape index (κ3) is 4.56. The van der Waals surface area contributed by atoms with Gasteiger partial charge in [-0.05, 0) is 58.2 Å². The summed E-state index contributed by atoms with van der Waals surface area (Å²) in [6.45, 7) is 0.995. The highest BCUT2D eigenvalue weighted by Gasteiger charge is 2.28. The van der Waals surface area contributed by atoms with Crippen LogP contribution < -0.4 is 10.9 Å². The number of nitrogens with one attached hydrogen (secondary N) is 2. The number of halogens is 2. The Morgan fingerprint density at radius 3 is 2.79 bits per heavy atom. The van der Waals surface area contributed by atoms with Crippen LogP contribution >= 0.6 is 15.9 Å². The Balaban J connectivity index is 1.33. The van der Waals surface area contributed by atoms with Crippen LogP contribution in [0.3, 0.4) is 0 Å². The molecule has 7 nitrogen and oxygen atoms in total. The van der Waals surface area contributed by atoms with Crippen molar-refractivity contribution in [1.29, 1.82) is 0 Å². The molecule has 0 bridgehead atoms. The van der Waals surface area contributed by atoms with E-state index in [9.17, 15) is 14.0 Å². The number of pyridine rings is 1. The Labute approximate surface area is 203 Å². The minimum absolute atomic E-state index is 0.0358. The molecule has 1 atom stereocenters. The smallest absolute Gasteiger partial charge is 0.272 e. The van der Waals surface area contributed by atoms with Gasteiger partial charge in [-0.2, -0.15) is 5.10 Å². The Hall–Kier alpha value is -3.59. The molecule has 0 saturated carbocycles. The zero-order valence-electron chi connectivity index (χ0n) is 18.1. The molecule has 0 spiro atoms. The number of benzene rings is 2. The van der Waals surface area contributed by atoms with E-state index in [2.05, 4.69) is 36.4 Å². The van der Waals surface area contributed by atoms with Crippen LogP contribution in [0.25, 0.3) is 10.8 Å². The zero-order valence-corrected chi connectivity index (χ0v) is 19.7. The number of hydrogen-bond donors (Lipinski definition) is 2. The van der Waals surface area contributed by atoms with Crippen molar-refractivity contribution in [3.05, 3.63) is 98.3 Å². The molecule has 9 heteroatoms. The second kappa shape index (κ2) is 9.34. The molecule has 1 saturated heterocycles. The summed E-state index contributed by atoms with van der Waals surface area (Å²) in [4.78, 5) is 31.2. The van der Waals surface area contributed by atoms with Crippen LogP contribution in [0.15, 0.2) is 70.1 Å². The van der Waals surface area contributed by atoms with Crippen molar-refractivity contribution in [2.75, 3.05) is 18.4 Å². The number of H-pyrrole nitrogens is 1. The Morgan fingerprint density at radius 2 is 2.00 bits per heavy atom. The van der Waals surface area contributed by atoms with Crippen molar-refractivity contribution in [3.8, 4) is 0 Å². The summed E-state index contributed by atoms with van der Waals surface area (Å²) in [6, 6.07) is 15.5. The molecule has 1 amide bonds. The SMILES string of the molecule is O=C(c1cc(Cc2n[nH]c(=O)c3ccccc23)ccc1F)N1CC[C@@H](Nc2ccc(Br)cn2)C1. The Kier molecular flexibility index (Phi) is 6.10. The molecule has 2 aromatic heterocycles. The van der Waals surface area contributed by atoms with Gasteiger partial charge < -0.3 is 10.2 Å². The second-order valence-corrected chi connectivity index (χ2v) is 9.19. The first kappa shape index (κ1) is 22.2. The maximum atomic E-state index is 14.7. The lowest BCUT2D eigenvalue weighted by Gasteiger charge is -2.18. The first-order valence-electron chi connectivity index (χ1n) is 10.9. The van der Waals surface area contributed by atoms with Crippen molar-refractivity contribution >= 4 is 38.4 Å². The first-order chi connectivity index (χ1) is 16.5. The van der Waals surface area contributed by atoms with Gasteiger partial charge in [-0.1, -0.05) is 24.3 Å². The fourth-order valence-corrected chi connectivity index (χ4v) is 4.48. The molecule has 1 aliphatic rings. The van der Waals surface area contributed by atoms with Crippen LogP contribution in [0.1, 0.15) is 28.0 Å². The Bertz CT molecular complexity index is 1420. The molecule has 0 radical (unpaired) electrons. The maximum Gasteiger partial charge on any atom is 0.272 e. The summed E-state index contributed by atoms with van der Waals surface area (Å²) >= 11 is 3.36. The quantitative estimate of drug-likeness (QED) is 0.411. The third-order valence-electron chi connectivity index (χ3n) is 5.96. The van der Waals surface area contributed by atoms with Crippen LogP contribution in [-0.4, -0.2) is 45.1 Å². The van der Waals surface area contributed by atoms with E-state index in [0.29, 0.717) is 30.6 Å². The number of nitrogens with zero attached hydrogens (tertiary/aromatic N) is 3. The van der Waals surface area contributed by atoms with E-state index in [1.807, 2.05) is 24.3 Å². The molecule has 172 valence electrons. The number of amides is 1. The predicted octanol–water partition coefficient (Wildman–Crippen LogP) is 4.14. The van der Waals surface area contributed by atoms with Gasteiger partial charge in [-0.25, -0.2) is 14.5 Å². The number of rotatable bonds is 5. The van der Waals surface area contributed by atoms with Gasteiger partial charge in [0.15, 0.2) is 0 Å². The van der Waals surface area contributed by atoms with E-state index in [-0.39, 0.29) is 23.1 Å².